The maximum atomic E-state index is 12.8. The highest BCUT2D eigenvalue weighted by Crippen LogP contribution is 2.55. The molecule has 0 aliphatic heterocycles. The average molecular weight is 470 g/mol. The molecule has 0 unspecified atom stereocenters. The second-order valence-electron chi connectivity index (χ2n) is 9.95. The largest absolute Gasteiger partial charge is 0.497 e. The topological polar surface area (TPSA) is 98.1 Å². The highest BCUT2D eigenvalue weighted by molar-refractivity contribution is 7.99. The molecule has 4 aliphatic rings. The van der Waals surface area contributed by atoms with E-state index in [2.05, 4.69) is 20.8 Å². The summed E-state index contributed by atoms with van der Waals surface area (Å²) in [6.45, 7) is 0. The van der Waals surface area contributed by atoms with Crippen molar-refractivity contribution in [2.75, 3.05) is 18.2 Å². The standard InChI is InChI=1S/C24H31N5O3S/c1-29-20(10-21(30)25-18-3-5-19(32-2)6-4-18)27-28-23(29)33-14-22(31)26-24-11-15-7-16(12-24)9-17(8-15)13-24/h3-6,15-17H,7-14H2,1-2H3,(H,25,30)(H,26,31). The number of benzene rings is 1. The van der Waals surface area contributed by atoms with Crippen LogP contribution in [0.4, 0.5) is 5.69 Å². The molecule has 6 rings (SSSR count). The van der Waals surface area contributed by atoms with Gasteiger partial charge in [0.05, 0.1) is 19.3 Å². The number of nitrogens with zero attached hydrogens (tertiary/aromatic N) is 3. The Morgan fingerprint density at radius 1 is 1.06 bits per heavy atom. The van der Waals surface area contributed by atoms with Crippen molar-refractivity contribution >= 4 is 29.3 Å². The summed E-state index contributed by atoms with van der Waals surface area (Å²) in [4.78, 5) is 25.2. The van der Waals surface area contributed by atoms with Crippen molar-refractivity contribution in [3.63, 3.8) is 0 Å². The van der Waals surface area contributed by atoms with Gasteiger partial charge in [-0.1, -0.05) is 11.8 Å². The third-order valence-corrected chi connectivity index (χ3v) is 8.41. The molecule has 9 heteroatoms. The Kier molecular flexibility index (Phi) is 6.07. The minimum Gasteiger partial charge on any atom is -0.497 e. The van der Waals surface area contributed by atoms with Crippen LogP contribution in [0.25, 0.3) is 0 Å². The monoisotopic (exact) mass is 469 g/mol. The summed E-state index contributed by atoms with van der Waals surface area (Å²) >= 11 is 1.37. The molecule has 2 amide bonds. The van der Waals surface area contributed by atoms with Crippen LogP contribution in [-0.4, -0.2) is 45.0 Å². The van der Waals surface area contributed by atoms with Crippen LogP contribution in [0.3, 0.4) is 0 Å². The summed E-state index contributed by atoms with van der Waals surface area (Å²) in [6, 6.07) is 7.16. The molecule has 4 saturated carbocycles. The summed E-state index contributed by atoms with van der Waals surface area (Å²) in [5.41, 5.74) is 0.718. The molecule has 2 N–H and O–H groups in total. The fourth-order valence-electron chi connectivity index (χ4n) is 6.37. The molecule has 0 saturated heterocycles. The molecule has 2 aromatic rings. The zero-order chi connectivity index (χ0) is 23.0. The van der Waals surface area contributed by atoms with Gasteiger partial charge in [0.2, 0.25) is 11.8 Å². The number of methoxy groups -OCH3 is 1. The molecule has 8 nitrogen and oxygen atoms in total. The SMILES string of the molecule is COc1ccc(NC(=O)Cc2nnc(SCC(=O)NC34CC5CC(CC(C5)C3)C4)n2C)cc1. The van der Waals surface area contributed by atoms with E-state index in [0.29, 0.717) is 22.4 Å². The molecule has 176 valence electrons. The zero-order valence-corrected chi connectivity index (χ0v) is 20.0. The molecule has 4 bridgehead atoms. The molecule has 33 heavy (non-hydrogen) atoms. The Labute approximate surface area is 198 Å². The minimum atomic E-state index is -0.174. The first kappa shape index (κ1) is 22.3. The Morgan fingerprint density at radius 2 is 1.70 bits per heavy atom. The number of nitrogens with one attached hydrogen (secondary N) is 2. The number of carbonyl (C=O) groups is 2. The molecule has 0 spiro atoms. The lowest BCUT2D eigenvalue weighted by atomic mass is 9.53. The third kappa shape index (κ3) is 4.88. The van der Waals surface area contributed by atoms with Gasteiger partial charge in [0, 0.05) is 18.3 Å². The van der Waals surface area contributed by atoms with E-state index >= 15 is 0 Å². The van der Waals surface area contributed by atoms with Gasteiger partial charge in [0.15, 0.2) is 5.16 Å². The van der Waals surface area contributed by atoms with Crippen LogP contribution in [0.5, 0.6) is 5.75 Å². The van der Waals surface area contributed by atoms with Crippen molar-refractivity contribution in [1.29, 1.82) is 0 Å². The van der Waals surface area contributed by atoms with Crippen LogP contribution in [0, 0.1) is 17.8 Å². The molecule has 0 radical (unpaired) electrons. The molecule has 1 heterocycles. The Hall–Kier alpha value is -2.55. The highest BCUT2D eigenvalue weighted by atomic mass is 32.2. The van der Waals surface area contributed by atoms with E-state index in [1.54, 1.807) is 35.9 Å². The van der Waals surface area contributed by atoms with Crippen molar-refractivity contribution < 1.29 is 14.3 Å². The Balaban J connectivity index is 1.12. The Morgan fingerprint density at radius 3 is 2.30 bits per heavy atom. The van der Waals surface area contributed by atoms with E-state index in [4.69, 9.17) is 4.74 Å². The van der Waals surface area contributed by atoms with Crippen molar-refractivity contribution in [3.8, 4) is 5.75 Å². The maximum absolute atomic E-state index is 12.8. The van der Waals surface area contributed by atoms with Gasteiger partial charge in [-0.3, -0.25) is 9.59 Å². The van der Waals surface area contributed by atoms with Gasteiger partial charge in [-0.25, -0.2) is 0 Å². The lowest BCUT2D eigenvalue weighted by Crippen LogP contribution is -2.60. The number of aromatic nitrogens is 3. The first-order valence-electron chi connectivity index (χ1n) is 11.7. The Bertz CT molecular complexity index is 1000. The van der Waals surface area contributed by atoms with Gasteiger partial charge >= 0.3 is 0 Å². The van der Waals surface area contributed by atoms with Crippen LogP contribution >= 0.6 is 11.8 Å². The van der Waals surface area contributed by atoms with Crippen LogP contribution in [0.15, 0.2) is 29.4 Å². The normalized spacial score (nSPS) is 27.4. The summed E-state index contributed by atoms with van der Waals surface area (Å²) in [5.74, 6) is 3.90. The van der Waals surface area contributed by atoms with E-state index in [1.165, 1.54) is 31.0 Å². The quantitative estimate of drug-likeness (QED) is 0.576. The number of carbonyl (C=O) groups excluding carboxylic acids is 2. The number of thioether (sulfide) groups is 1. The predicted molar refractivity (Wildman–Crippen MR) is 126 cm³/mol. The smallest absolute Gasteiger partial charge is 0.232 e. The lowest BCUT2D eigenvalue weighted by Gasteiger charge is -2.56. The van der Waals surface area contributed by atoms with Crippen molar-refractivity contribution in [3.05, 3.63) is 30.1 Å². The molecule has 1 aromatic heterocycles. The molecular weight excluding hydrogens is 438 g/mol. The van der Waals surface area contributed by atoms with E-state index in [9.17, 15) is 9.59 Å². The maximum Gasteiger partial charge on any atom is 0.232 e. The van der Waals surface area contributed by atoms with E-state index in [0.717, 1.165) is 42.8 Å². The second kappa shape index (κ2) is 9.00. The fourth-order valence-corrected chi connectivity index (χ4v) is 7.10. The molecule has 4 aliphatic carbocycles. The summed E-state index contributed by atoms with van der Waals surface area (Å²) in [7, 11) is 3.43. The molecule has 4 fully saturated rings. The second-order valence-corrected chi connectivity index (χ2v) is 10.9. The van der Waals surface area contributed by atoms with Gasteiger partial charge in [-0.05, 0) is 80.5 Å². The highest BCUT2D eigenvalue weighted by Gasteiger charge is 2.51. The van der Waals surface area contributed by atoms with Gasteiger partial charge < -0.3 is 19.9 Å². The summed E-state index contributed by atoms with van der Waals surface area (Å²) < 4.78 is 6.92. The van der Waals surface area contributed by atoms with Crippen molar-refractivity contribution in [2.24, 2.45) is 24.8 Å². The number of anilines is 1. The lowest BCUT2D eigenvalue weighted by molar-refractivity contribution is -0.124. The van der Waals surface area contributed by atoms with Crippen LogP contribution in [0.1, 0.15) is 44.3 Å². The number of ether oxygens (including phenoxy) is 1. The predicted octanol–water partition coefficient (Wildman–Crippen LogP) is 3.18. The first-order valence-corrected chi connectivity index (χ1v) is 12.7. The van der Waals surface area contributed by atoms with Crippen molar-refractivity contribution in [2.45, 2.75) is 55.6 Å². The number of hydrogen-bond donors (Lipinski definition) is 2. The molecule has 1 aromatic carbocycles. The van der Waals surface area contributed by atoms with Gasteiger partial charge in [-0.15, -0.1) is 10.2 Å². The number of amides is 2. The average Bonchev–Trinajstić information content (AvgIpc) is 3.10. The first-order chi connectivity index (χ1) is 15.9. The fraction of sp³-hybridized carbons (Fsp3) is 0.583. The minimum absolute atomic E-state index is 0.0248. The molecule has 0 atom stereocenters. The van der Waals surface area contributed by atoms with E-state index in [1.807, 2.05) is 7.05 Å². The zero-order valence-electron chi connectivity index (χ0n) is 19.2. The van der Waals surface area contributed by atoms with Crippen LogP contribution in [-0.2, 0) is 23.1 Å². The summed E-state index contributed by atoms with van der Waals surface area (Å²) in [6.07, 6.45) is 7.62. The van der Waals surface area contributed by atoms with Gasteiger partial charge in [0.1, 0.15) is 11.6 Å². The van der Waals surface area contributed by atoms with Gasteiger partial charge in [0.25, 0.3) is 0 Å². The van der Waals surface area contributed by atoms with E-state index in [-0.39, 0.29) is 23.8 Å². The summed E-state index contributed by atoms with van der Waals surface area (Å²) in [5, 5.41) is 15.3. The van der Waals surface area contributed by atoms with Gasteiger partial charge in [-0.2, -0.15) is 0 Å². The van der Waals surface area contributed by atoms with E-state index < -0.39 is 0 Å². The van der Waals surface area contributed by atoms with Crippen LogP contribution < -0.4 is 15.4 Å². The third-order valence-electron chi connectivity index (χ3n) is 7.39. The van der Waals surface area contributed by atoms with Crippen LogP contribution in [0.2, 0.25) is 0 Å². The molecular formula is C24H31N5O3S. The number of rotatable bonds is 8. The van der Waals surface area contributed by atoms with Crippen molar-refractivity contribution in [1.82, 2.24) is 20.1 Å². The number of hydrogen-bond acceptors (Lipinski definition) is 6.